The summed E-state index contributed by atoms with van der Waals surface area (Å²) in [6.07, 6.45) is 2.62. The van der Waals surface area contributed by atoms with E-state index in [1.165, 1.54) is 31.5 Å². The van der Waals surface area contributed by atoms with Gasteiger partial charge in [-0.25, -0.2) is 0 Å². The van der Waals surface area contributed by atoms with Gasteiger partial charge in [-0.1, -0.05) is 13.8 Å². The molecule has 1 saturated heterocycles. The Hall–Kier alpha value is -1.22. The third-order valence-corrected chi connectivity index (χ3v) is 4.35. The number of ether oxygens (including phenoxy) is 1. The molecular formula is C17H28N2O. The minimum atomic E-state index is 0.701. The van der Waals surface area contributed by atoms with Crippen LogP contribution in [-0.2, 0) is 6.54 Å². The minimum Gasteiger partial charge on any atom is -0.494 e. The second kappa shape index (κ2) is 6.98. The molecule has 0 unspecified atom stereocenters. The SMILES string of the molecule is CCOc1ccc(N)cc1CN1CCC(C(C)C)CC1. The predicted octanol–water partition coefficient (Wildman–Crippen LogP) is 3.54. The average Bonchev–Trinajstić information content (AvgIpc) is 2.42. The standard InChI is InChI=1S/C17H28N2O/c1-4-20-17-6-5-16(18)11-15(17)12-19-9-7-14(8-10-19)13(2)3/h5-6,11,13-14H,4,7-10,12,18H2,1-3H3. The second-order valence-electron chi connectivity index (χ2n) is 6.16. The molecule has 0 aromatic heterocycles. The molecule has 1 aromatic rings. The number of piperidine rings is 1. The number of likely N-dealkylation sites (tertiary alicyclic amines) is 1. The fraction of sp³-hybridized carbons (Fsp3) is 0.647. The lowest BCUT2D eigenvalue weighted by molar-refractivity contribution is 0.150. The summed E-state index contributed by atoms with van der Waals surface area (Å²) >= 11 is 0. The molecule has 0 saturated carbocycles. The predicted molar refractivity (Wildman–Crippen MR) is 84.9 cm³/mol. The Morgan fingerprint density at radius 1 is 1.30 bits per heavy atom. The number of nitrogens with two attached hydrogens (primary N) is 1. The highest BCUT2D eigenvalue weighted by atomic mass is 16.5. The van der Waals surface area contributed by atoms with Crippen molar-refractivity contribution < 1.29 is 4.74 Å². The van der Waals surface area contributed by atoms with Gasteiger partial charge in [-0.2, -0.15) is 0 Å². The molecule has 0 aliphatic carbocycles. The smallest absolute Gasteiger partial charge is 0.123 e. The van der Waals surface area contributed by atoms with E-state index >= 15 is 0 Å². The van der Waals surface area contributed by atoms with Gasteiger partial charge in [0.2, 0.25) is 0 Å². The lowest BCUT2D eigenvalue weighted by Crippen LogP contribution is -2.34. The average molecular weight is 276 g/mol. The van der Waals surface area contributed by atoms with Crippen molar-refractivity contribution in [1.82, 2.24) is 4.90 Å². The van der Waals surface area contributed by atoms with Crippen LogP contribution >= 0.6 is 0 Å². The molecule has 2 N–H and O–H groups in total. The van der Waals surface area contributed by atoms with Crippen molar-refractivity contribution in [3.05, 3.63) is 23.8 Å². The van der Waals surface area contributed by atoms with Crippen LogP contribution in [-0.4, -0.2) is 24.6 Å². The van der Waals surface area contributed by atoms with Crippen LogP contribution in [0.15, 0.2) is 18.2 Å². The van der Waals surface area contributed by atoms with E-state index in [0.29, 0.717) is 6.61 Å². The molecule has 1 fully saturated rings. The fourth-order valence-corrected chi connectivity index (χ4v) is 3.04. The van der Waals surface area contributed by atoms with Crippen LogP contribution < -0.4 is 10.5 Å². The van der Waals surface area contributed by atoms with E-state index in [9.17, 15) is 0 Å². The van der Waals surface area contributed by atoms with Gasteiger partial charge in [0.25, 0.3) is 0 Å². The first-order chi connectivity index (χ1) is 9.60. The summed E-state index contributed by atoms with van der Waals surface area (Å²) in [5.41, 5.74) is 7.95. The van der Waals surface area contributed by atoms with Crippen molar-refractivity contribution in [3.63, 3.8) is 0 Å². The lowest BCUT2D eigenvalue weighted by atomic mass is 9.86. The normalized spacial score (nSPS) is 17.6. The van der Waals surface area contributed by atoms with Gasteiger partial charge in [-0.05, 0) is 62.9 Å². The zero-order chi connectivity index (χ0) is 14.5. The monoisotopic (exact) mass is 276 g/mol. The number of anilines is 1. The Balaban J connectivity index is 1.98. The summed E-state index contributed by atoms with van der Waals surface area (Å²) in [5.74, 6) is 2.68. The van der Waals surface area contributed by atoms with Crippen molar-refractivity contribution in [3.8, 4) is 5.75 Å². The Kier molecular flexibility index (Phi) is 5.30. The maximum Gasteiger partial charge on any atom is 0.123 e. The summed E-state index contributed by atoms with van der Waals surface area (Å²) in [5, 5.41) is 0. The number of rotatable bonds is 5. The molecular weight excluding hydrogens is 248 g/mol. The number of nitrogen functional groups attached to an aromatic ring is 1. The van der Waals surface area contributed by atoms with E-state index < -0.39 is 0 Å². The molecule has 2 rings (SSSR count). The van der Waals surface area contributed by atoms with Crippen LogP contribution in [0.1, 0.15) is 39.2 Å². The summed E-state index contributed by atoms with van der Waals surface area (Å²) in [4.78, 5) is 2.52. The number of hydrogen-bond donors (Lipinski definition) is 1. The summed E-state index contributed by atoms with van der Waals surface area (Å²) in [6, 6.07) is 5.97. The Morgan fingerprint density at radius 2 is 2.00 bits per heavy atom. The van der Waals surface area contributed by atoms with Crippen LogP contribution in [0.5, 0.6) is 5.75 Å². The van der Waals surface area contributed by atoms with Crippen LogP contribution in [0.3, 0.4) is 0 Å². The van der Waals surface area contributed by atoms with Crippen molar-refractivity contribution in [2.75, 3.05) is 25.4 Å². The molecule has 1 aliphatic rings. The molecule has 3 nitrogen and oxygen atoms in total. The molecule has 3 heteroatoms. The molecule has 0 amide bonds. The first-order valence-electron chi connectivity index (χ1n) is 7.83. The minimum absolute atomic E-state index is 0.701. The second-order valence-corrected chi connectivity index (χ2v) is 6.16. The maximum atomic E-state index is 5.92. The van der Waals surface area contributed by atoms with E-state index in [1.54, 1.807) is 0 Å². The Morgan fingerprint density at radius 3 is 2.60 bits per heavy atom. The number of nitrogens with zero attached hydrogens (tertiary/aromatic N) is 1. The van der Waals surface area contributed by atoms with Crippen LogP contribution in [0.25, 0.3) is 0 Å². The van der Waals surface area contributed by atoms with Gasteiger partial charge in [-0.3, -0.25) is 4.90 Å². The van der Waals surface area contributed by atoms with E-state index in [0.717, 1.165) is 29.8 Å². The molecule has 1 heterocycles. The van der Waals surface area contributed by atoms with Gasteiger partial charge in [0, 0.05) is 17.8 Å². The van der Waals surface area contributed by atoms with Crippen molar-refractivity contribution in [2.45, 2.75) is 40.2 Å². The molecule has 112 valence electrons. The quantitative estimate of drug-likeness (QED) is 0.836. The lowest BCUT2D eigenvalue weighted by Gasteiger charge is -2.34. The molecule has 20 heavy (non-hydrogen) atoms. The largest absolute Gasteiger partial charge is 0.494 e. The van der Waals surface area contributed by atoms with Gasteiger partial charge in [0.1, 0.15) is 5.75 Å². The van der Waals surface area contributed by atoms with Crippen molar-refractivity contribution in [1.29, 1.82) is 0 Å². The zero-order valence-corrected chi connectivity index (χ0v) is 13.1. The molecule has 1 aromatic carbocycles. The Labute approximate surface area is 123 Å². The van der Waals surface area contributed by atoms with E-state index in [2.05, 4.69) is 24.8 Å². The van der Waals surface area contributed by atoms with Gasteiger partial charge in [-0.15, -0.1) is 0 Å². The summed E-state index contributed by atoms with van der Waals surface area (Å²) in [7, 11) is 0. The van der Waals surface area contributed by atoms with E-state index in [4.69, 9.17) is 10.5 Å². The van der Waals surface area contributed by atoms with E-state index in [-0.39, 0.29) is 0 Å². The maximum absolute atomic E-state index is 5.92. The van der Waals surface area contributed by atoms with Gasteiger partial charge >= 0.3 is 0 Å². The number of hydrogen-bond acceptors (Lipinski definition) is 3. The van der Waals surface area contributed by atoms with Gasteiger partial charge in [0.05, 0.1) is 6.61 Å². The topological polar surface area (TPSA) is 38.5 Å². The van der Waals surface area contributed by atoms with Crippen LogP contribution in [0, 0.1) is 11.8 Å². The third-order valence-electron chi connectivity index (χ3n) is 4.35. The highest BCUT2D eigenvalue weighted by Crippen LogP contribution is 2.28. The van der Waals surface area contributed by atoms with Crippen LogP contribution in [0.2, 0.25) is 0 Å². The van der Waals surface area contributed by atoms with Crippen LogP contribution in [0.4, 0.5) is 5.69 Å². The molecule has 0 bridgehead atoms. The summed E-state index contributed by atoms with van der Waals surface area (Å²) < 4.78 is 5.71. The third kappa shape index (κ3) is 3.89. The molecule has 0 radical (unpaired) electrons. The highest BCUT2D eigenvalue weighted by Gasteiger charge is 2.22. The number of benzene rings is 1. The highest BCUT2D eigenvalue weighted by molar-refractivity contribution is 5.47. The fourth-order valence-electron chi connectivity index (χ4n) is 3.04. The molecule has 0 spiro atoms. The van der Waals surface area contributed by atoms with Crippen molar-refractivity contribution in [2.24, 2.45) is 11.8 Å². The van der Waals surface area contributed by atoms with Crippen molar-refractivity contribution >= 4 is 5.69 Å². The molecule has 1 aliphatic heterocycles. The summed E-state index contributed by atoms with van der Waals surface area (Å²) in [6.45, 7) is 10.7. The first-order valence-corrected chi connectivity index (χ1v) is 7.83. The first kappa shape index (κ1) is 15.2. The van der Waals surface area contributed by atoms with Gasteiger partial charge < -0.3 is 10.5 Å². The molecule has 0 atom stereocenters. The zero-order valence-electron chi connectivity index (χ0n) is 13.1. The van der Waals surface area contributed by atoms with Gasteiger partial charge in [0.15, 0.2) is 0 Å². The Bertz CT molecular complexity index is 423. The van der Waals surface area contributed by atoms with E-state index in [1.807, 2.05) is 19.1 Å².